The molecule has 0 radical (unpaired) electrons. The summed E-state index contributed by atoms with van der Waals surface area (Å²) in [5, 5.41) is 8.73. The molecule has 2 aromatic rings. The Morgan fingerprint density at radius 1 is 1.31 bits per heavy atom. The van der Waals surface area contributed by atoms with E-state index in [1.165, 1.54) is 6.92 Å². The third-order valence-electron chi connectivity index (χ3n) is 4.73. The topological polar surface area (TPSA) is 101 Å². The largest absolute Gasteiger partial charge is 0.456 e. The van der Waals surface area contributed by atoms with Crippen LogP contribution in [-0.2, 0) is 0 Å². The molecule has 0 fully saturated rings. The number of hydrogen-bond donors (Lipinski definition) is 3. The van der Waals surface area contributed by atoms with Crippen molar-refractivity contribution in [3.8, 4) is 5.88 Å². The van der Waals surface area contributed by atoms with Crippen molar-refractivity contribution < 1.29 is 22.7 Å². The van der Waals surface area contributed by atoms with Crippen LogP contribution in [0.3, 0.4) is 0 Å². The Morgan fingerprint density at radius 3 is 2.72 bits per heavy atom. The lowest BCUT2D eigenvalue weighted by atomic mass is 10.0. The number of halogens is 3. The van der Waals surface area contributed by atoms with Gasteiger partial charge in [-0.3, -0.25) is 9.79 Å². The number of fused-ring (bicyclic) bond motifs is 1. The predicted molar refractivity (Wildman–Crippen MR) is 116 cm³/mol. The summed E-state index contributed by atoms with van der Waals surface area (Å²) in [6, 6.07) is 6.94. The lowest BCUT2D eigenvalue weighted by Crippen LogP contribution is -2.36. The van der Waals surface area contributed by atoms with Crippen molar-refractivity contribution in [3.05, 3.63) is 35.4 Å². The smallest absolute Gasteiger partial charge is 0.407 e. The second kappa shape index (κ2) is 9.41. The second-order valence-electron chi connectivity index (χ2n) is 7.80. The Morgan fingerprint density at radius 2 is 2.06 bits per heavy atom. The average molecular weight is 450 g/mol. The first-order valence-corrected chi connectivity index (χ1v) is 10.0. The summed E-state index contributed by atoms with van der Waals surface area (Å²) in [5.74, 6) is -0.101. The van der Waals surface area contributed by atoms with Crippen LogP contribution in [0.1, 0.15) is 36.7 Å². The quantitative estimate of drug-likeness (QED) is 0.550. The summed E-state index contributed by atoms with van der Waals surface area (Å²) in [4.78, 5) is 24.8. The van der Waals surface area contributed by atoms with Crippen molar-refractivity contribution in [2.45, 2.75) is 39.9 Å². The van der Waals surface area contributed by atoms with E-state index in [9.17, 15) is 18.0 Å². The molecule has 8 nitrogen and oxygen atoms in total. The lowest BCUT2D eigenvalue weighted by Gasteiger charge is -2.25. The molecule has 32 heavy (non-hydrogen) atoms. The summed E-state index contributed by atoms with van der Waals surface area (Å²) in [6.07, 6.45) is -4.39. The van der Waals surface area contributed by atoms with Gasteiger partial charge in [-0.25, -0.2) is 0 Å². The highest BCUT2D eigenvalue weighted by molar-refractivity contribution is 6.02. The third kappa shape index (κ3) is 5.86. The molecule has 0 saturated heterocycles. The van der Waals surface area contributed by atoms with E-state index in [4.69, 9.17) is 4.74 Å². The lowest BCUT2D eigenvalue weighted by molar-refractivity contribution is -0.118. The van der Waals surface area contributed by atoms with Gasteiger partial charge in [-0.15, -0.1) is 0 Å². The van der Waals surface area contributed by atoms with Crippen LogP contribution in [0.25, 0.3) is 0 Å². The maximum atomic E-state index is 12.6. The fourth-order valence-corrected chi connectivity index (χ4v) is 3.23. The first kappa shape index (κ1) is 23.3. The number of alkyl halides is 3. The van der Waals surface area contributed by atoms with Gasteiger partial charge in [-0.2, -0.15) is 23.1 Å². The molecule has 0 saturated carbocycles. The number of aryl methyl sites for hydroxylation is 1. The Balaban J connectivity index is 1.96. The Bertz CT molecular complexity index is 1020. The molecule has 3 rings (SSSR count). The van der Waals surface area contributed by atoms with Gasteiger partial charge in [-0.1, -0.05) is 26.0 Å². The summed E-state index contributed by atoms with van der Waals surface area (Å²) >= 11 is 0. The molecule has 1 aromatic carbocycles. The molecule has 11 heteroatoms. The highest BCUT2D eigenvalue weighted by atomic mass is 19.4. The van der Waals surface area contributed by atoms with Crippen molar-refractivity contribution in [2.24, 2.45) is 10.9 Å². The molecule has 172 valence electrons. The van der Waals surface area contributed by atoms with Crippen LogP contribution < -0.4 is 20.7 Å². The molecule has 0 spiro atoms. The standard InChI is InChI=1S/C21H25F3N6O2/c1-11(2)16(13(4)25-9-21(22,23)24)28-20-29-17(27-14-7-5-6-12(3)8-14)15-18(31)26-10-32-19(15)30-20/h5-8,11,16H,9-10H2,1-4H3,(H,26,31)(H2,27,28,29,30). The number of rotatable bonds is 7. The van der Waals surface area contributed by atoms with Gasteiger partial charge in [0.25, 0.3) is 5.91 Å². The zero-order chi connectivity index (χ0) is 23.5. The van der Waals surface area contributed by atoms with Crippen LogP contribution in [0, 0.1) is 12.8 Å². The zero-order valence-corrected chi connectivity index (χ0v) is 18.2. The van der Waals surface area contributed by atoms with Crippen LogP contribution >= 0.6 is 0 Å². The van der Waals surface area contributed by atoms with Gasteiger partial charge in [0.15, 0.2) is 12.5 Å². The minimum atomic E-state index is -4.39. The van der Waals surface area contributed by atoms with Crippen molar-refractivity contribution in [2.75, 3.05) is 23.9 Å². The SMILES string of the molecule is CC(=NCC(F)(F)F)C(Nc1nc(Nc2cccc(C)c2)c2c(n1)OCNC2=O)C(C)C. The van der Waals surface area contributed by atoms with Crippen LogP contribution in [0.5, 0.6) is 5.88 Å². The fraction of sp³-hybridized carbons (Fsp3) is 0.429. The molecule has 1 unspecified atom stereocenters. The molecule has 1 atom stereocenters. The maximum absolute atomic E-state index is 12.6. The number of aromatic nitrogens is 2. The van der Waals surface area contributed by atoms with E-state index in [2.05, 4.69) is 30.9 Å². The van der Waals surface area contributed by atoms with Crippen LogP contribution in [0.4, 0.5) is 30.6 Å². The van der Waals surface area contributed by atoms with Gasteiger partial charge in [0.1, 0.15) is 12.1 Å². The van der Waals surface area contributed by atoms with Crippen LogP contribution in [0.15, 0.2) is 29.3 Å². The first-order chi connectivity index (χ1) is 15.0. The van der Waals surface area contributed by atoms with E-state index in [1.54, 1.807) is 0 Å². The number of nitrogens with zero attached hydrogens (tertiary/aromatic N) is 3. The molecule has 1 amide bonds. The summed E-state index contributed by atoms with van der Waals surface area (Å²) < 4.78 is 43.3. The number of ether oxygens (including phenoxy) is 1. The number of amides is 1. The number of hydrogen-bond acceptors (Lipinski definition) is 7. The molecule has 1 aliphatic heterocycles. The van der Waals surface area contributed by atoms with E-state index < -0.39 is 24.7 Å². The van der Waals surface area contributed by atoms with Crippen molar-refractivity contribution in [1.29, 1.82) is 0 Å². The third-order valence-corrected chi connectivity index (χ3v) is 4.73. The van der Waals surface area contributed by atoms with Gasteiger partial charge >= 0.3 is 6.18 Å². The molecule has 0 aliphatic carbocycles. The predicted octanol–water partition coefficient (Wildman–Crippen LogP) is 4.07. The summed E-state index contributed by atoms with van der Waals surface area (Å²) in [6.45, 7) is 5.83. The van der Waals surface area contributed by atoms with Gasteiger partial charge in [0.2, 0.25) is 11.8 Å². The van der Waals surface area contributed by atoms with Crippen molar-refractivity contribution in [1.82, 2.24) is 15.3 Å². The number of anilines is 3. The minimum absolute atomic E-state index is 0.0498. The van der Waals surface area contributed by atoms with Gasteiger partial charge in [0.05, 0.1) is 6.04 Å². The first-order valence-electron chi connectivity index (χ1n) is 10.0. The van der Waals surface area contributed by atoms with E-state index in [0.29, 0.717) is 5.69 Å². The minimum Gasteiger partial charge on any atom is -0.456 e. The molecule has 2 heterocycles. The van der Waals surface area contributed by atoms with E-state index in [0.717, 1.165) is 5.56 Å². The van der Waals surface area contributed by atoms with Crippen LogP contribution in [0.2, 0.25) is 0 Å². The Kier molecular flexibility index (Phi) is 6.85. The van der Waals surface area contributed by atoms with E-state index in [-0.39, 0.29) is 41.6 Å². The molecular weight excluding hydrogens is 425 g/mol. The molecule has 3 N–H and O–H groups in total. The highest BCUT2D eigenvalue weighted by Gasteiger charge is 2.29. The zero-order valence-electron chi connectivity index (χ0n) is 18.2. The van der Waals surface area contributed by atoms with E-state index in [1.807, 2.05) is 45.0 Å². The Labute approximate surface area is 183 Å². The fourth-order valence-electron chi connectivity index (χ4n) is 3.23. The summed E-state index contributed by atoms with van der Waals surface area (Å²) in [7, 11) is 0. The monoisotopic (exact) mass is 450 g/mol. The number of benzene rings is 1. The highest BCUT2D eigenvalue weighted by Crippen LogP contribution is 2.30. The van der Waals surface area contributed by atoms with Gasteiger partial charge < -0.3 is 20.7 Å². The molecule has 1 aliphatic rings. The maximum Gasteiger partial charge on any atom is 0.407 e. The molecular formula is C21H25F3N6O2. The van der Waals surface area contributed by atoms with E-state index >= 15 is 0 Å². The van der Waals surface area contributed by atoms with Gasteiger partial charge in [-0.05, 0) is 37.5 Å². The van der Waals surface area contributed by atoms with Crippen molar-refractivity contribution >= 4 is 29.1 Å². The number of nitrogens with one attached hydrogen (secondary N) is 3. The average Bonchev–Trinajstić information content (AvgIpc) is 2.69. The Hall–Kier alpha value is -3.37. The number of aliphatic imine (C=N–C) groups is 1. The number of carbonyl (C=O) groups is 1. The summed E-state index contributed by atoms with van der Waals surface area (Å²) in [5.41, 5.74) is 2.13. The van der Waals surface area contributed by atoms with Crippen molar-refractivity contribution in [3.63, 3.8) is 0 Å². The molecule has 1 aromatic heterocycles. The normalized spacial score (nSPS) is 15.0. The second-order valence-corrected chi connectivity index (χ2v) is 7.80. The van der Waals surface area contributed by atoms with Crippen LogP contribution in [-0.4, -0.2) is 47.1 Å². The molecule has 0 bridgehead atoms. The van der Waals surface area contributed by atoms with Gasteiger partial charge in [0, 0.05) is 11.4 Å². The number of carbonyl (C=O) groups excluding carboxylic acids is 1.